The third kappa shape index (κ3) is 5.35. The summed E-state index contributed by atoms with van der Waals surface area (Å²) in [5.41, 5.74) is 11.5. The molecule has 0 aliphatic heterocycles. The zero-order valence-electron chi connectivity index (χ0n) is 15.8. The van der Waals surface area contributed by atoms with Gasteiger partial charge in [-0.15, -0.1) is 0 Å². The molecule has 3 nitrogen and oxygen atoms in total. The first-order valence-electron chi connectivity index (χ1n) is 8.79. The number of aromatic nitrogens is 1. The minimum absolute atomic E-state index is 0.0793. The smallest absolute Gasteiger partial charge is 0.159 e. The predicted molar refractivity (Wildman–Crippen MR) is 109 cm³/mol. The molecule has 0 aliphatic carbocycles. The zero-order valence-corrected chi connectivity index (χ0v) is 15.8. The van der Waals surface area contributed by atoms with E-state index in [4.69, 9.17) is 5.73 Å². The van der Waals surface area contributed by atoms with Gasteiger partial charge in [-0.2, -0.15) is 0 Å². The highest BCUT2D eigenvalue weighted by atomic mass is 16.1. The van der Waals surface area contributed by atoms with Gasteiger partial charge < -0.3 is 10.7 Å². The van der Waals surface area contributed by atoms with Crippen molar-refractivity contribution in [3.05, 3.63) is 66.4 Å². The fourth-order valence-corrected chi connectivity index (χ4v) is 2.29. The molecule has 0 saturated heterocycles. The second-order valence-corrected chi connectivity index (χ2v) is 5.06. The minimum atomic E-state index is 0.0793. The maximum Gasteiger partial charge on any atom is 0.159 e. The monoisotopic (exact) mass is 336 g/mol. The number of nitrogens with two attached hydrogens (primary N) is 1. The molecule has 0 aliphatic rings. The van der Waals surface area contributed by atoms with Gasteiger partial charge in [0.25, 0.3) is 0 Å². The van der Waals surface area contributed by atoms with Gasteiger partial charge in [-0.25, -0.2) is 0 Å². The van der Waals surface area contributed by atoms with Gasteiger partial charge in [0.1, 0.15) is 0 Å². The lowest BCUT2D eigenvalue weighted by Gasteiger charge is -2.00. The van der Waals surface area contributed by atoms with Gasteiger partial charge in [0.05, 0.1) is 0 Å². The maximum atomic E-state index is 11.3. The average molecular weight is 336 g/mol. The molecule has 0 amide bonds. The van der Waals surface area contributed by atoms with Gasteiger partial charge in [0.15, 0.2) is 5.78 Å². The van der Waals surface area contributed by atoms with Crippen LogP contribution in [0.3, 0.4) is 0 Å². The Balaban J connectivity index is 0.000000730. The van der Waals surface area contributed by atoms with Gasteiger partial charge in [-0.05, 0) is 41.8 Å². The van der Waals surface area contributed by atoms with Crippen LogP contribution in [-0.2, 0) is 0 Å². The fraction of sp³-hybridized carbons (Fsp3) is 0.227. The van der Waals surface area contributed by atoms with E-state index in [1.54, 1.807) is 6.92 Å². The molecule has 1 heterocycles. The lowest BCUT2D eigenvalue weighted by molar-refractivity contribution is 0.101. The number of hydrogen-bond acceptors (Lipinski definition) is 2. The van der Waals surface area contributed by atoms with E-state index in [1.807, 2.05) is 82.4 Å². The molecule has 1 aromatic heterocycles. The largest absolute Gasteiger partial charge is 0.399 e. The van der Waals surface area contributed by atoms with Gasteiger partial charge in [-0.3, -0.25) is 4.79 Å². The number of benzene rings is 2. The molecule has 0 atom stereocenters. The van der Waals surface area contributed by atoms with Crippen molar-refractivity contribution in [2.24, 2.45) is 0 Å². The van der Waals surface area contributed by atoms with Crippen LogP contribution in [0.25, 0.3) is 22.4 Å². The molecular formula is C22H28N2O. The number of nitrogen functional groups attached to an aromatic ring is 1. The number of ketones is 1. The van der Waals surface area contributed by atoms with Gasteiger partial charge >= 0.3 is 0 Å². The van der Waals surface area contributed by atoms with E-state index in [1.165, 1.54) is 0 Å². The van der Waals surface area contributed by atoms with Crippen LogP contribution in [-0.4, -0.2) is 10.8 Å². The zero-order chi connectivity index (χ0) is 18.8. The van der Waals surface area contributed by atoms with Crippen LogP contribution in [0.15, 0.2) is 60.8 Å². The summed E-state index contributed by atoms with van der Waals surface area (Å²) in [6.45, 7) is 9.57. The molecule has 3 heteroatoms. The summed E-state index contributed by atoms with van der Waals surface area (Å²) in [7, 11) is 0. The molecular weight excluding hydrogens is 308 g/mol. The van der Waals surface area contributed by atoms with E-state index in [-0.39, 0.29) is 5.78 Å². The molecule has 3 aromatic rings. The van der Waals surface area contributed by atoms with Crippen LogP contribution in [0.2, 0.25) is 0 Å². The number of H-pyrrole nitrogens is 1. The van der Waals surface area contributed by atoms with E-state index < -0.39 is 0 Å². The molecule has 0 unspecified atom stereocenters. The molecule has 0 saturated carbocycles. The Bertz CT molecular complexity index is 769. The van der Waals surface area contributed by atoms with Crippen molar-refractivity contribution in [3.8, 4) is 22.4 Å². The first-order chi connectivity index (χ1) is 12.1. The number of Topliss-reactive ketones (excluding diaryl/α,β-unsaturated/α-hetero) is 1. The Morgan fingerprint density at radius 1 is 0.800 bits per heavy atom. The lowest BCUT2D eigenvalue weighted by Crippen LogP contribution is -1.90. The Labute approximate surface area is 150 Å². The average Bonchev–Trinajstić information content (AvgIpc) is 3.16. The van der Waals surface area contributed by atoms with Crippen molar-refractivity contribution < 1.29 is 4.79 Å². The number of aromatic amines is 1. The van der Waals surface area contributed by atoms with Crippen LogP contribution in [0.5, 0.6) is 0 Å². The van der Waals surface area contributed by atoms with Gasteiger partial charge in [-0.1, -0.05) is 64.1 Å². The summed E-state index contributed by atoms with van der Waals surface area (Å²) in [6.07, 6.45) is 1.97. The van der Waals surface area contributed by atoms with E-state index in [2.05, 4.69) is 11.1 Å². The lowest BCUT2D eigenvalue weighted by atomic mass is 10.1. The molecule has 0 bridgehead atoms. The summed E-state index contributed by atoms with van der Waals surface area (Å²) >= 11 is 0. The van der Waals surface area contributed by atoms with Gasteiger partial charge in [0, 0.05) is 23.1 Å². The summed E-state index contributed by atoms with van der Waals surface area (Å²) in [6, 6.07) is 17.5. The third-order valence-corrected chi connectivity index (χ3v) is 3.53. The minimum Gasteiger partial charge on any atom is -0.399 e. The Hall–Kier alpha value is -2.81. The normalized spacial score (nSPS) is 9.32. The quantitative estimate of drug-likeness (QED) is 0.443. The van der Waals surface area contributed by atoms with Gasteiger partial charge in [0.2, 0.25) is 0 Å². The topological polar surface area (TPSA) is 58.9 Å². The van der Waals surface area contributed by atoms with Crippen molar-refractivity contribution in [3.63, 3.8) is 0 Å². The molecule has 0 spiro atoms. The van der Waals surface area contributed by atoms with E-state index in [0.29, 0.717) is 0 Å². The summed E-state index contributed by atoms with van der Waals surface area (Å²) < 4.78 is 0. The van der Waals surface area contributed by atoms with Crippen molar-refractivity contribution in [1.82, 2.24) is 4.98 Å². The highest BCUT2D eigenvalue weighted by molar-refractivity contribution is 5.94. The first kappa shape index (κ1) is 20.2. The Morgan fingerprint density at radius 2 is 1.32 bits per heavy atom. The highest BCUT2D eigenvalue weighted by Crippen LogP contribution is 2.26. The number of hydrogen-bond donors (Lipinski definition) is 2. The third-order valence-electron chi connectivity index (χ3n) is 3.53. The molecule has 3 N–H and O–H groups in total. The molecule has 0 radical (unpaired) electrons. The summed E-state index contributed by atoms with van der Waals surface area (Å²) in [5.74, 6) is 0.0793. The SMILES string of the molecule is CC.CC.CC(=O)c1ccc(-c2cc(-c3ccc(N)cc3)c[nH]2)cc1. The molecule has 25 heavy (non-hydrogen) atoms. The van der Waals surface area contributed by atoms with Crippen molar-refractivity contribution in [2.75, 3.05) is 5.73 Å². The molecule has 0 fully saturated rings. The second-order valence-electron chi connectivity index (χ2n) is 5.06. The number of rotatable bonds is 3. The Kier molecular flexibility index (Phi) is 8.21. The highest BCUT2D eigenvalue weighted by Gasteiger charge is 2.05. The standard InChI is InChI=1S/C18H16N2O.2C2H6/c1-12(21)13-2-4-15(5-3-13)18-10-16(11-20-18)14-6-8-17(19)9-7-14;2*1-2/h2-11,20H,19H2,1H3;2*1-2H3. The molecule has 132 valence electrons. The summed E-state index contributed by atoms with van der Waals surface area (Å²) in [5, 5.41) is 0. The van der Waals surface area contributed by atoms with Crippen LogP contribution in [0.4, 0.5) is 5.69 Å². The van der Waals surface area contributed by atoms with Crippen molar-refractivity contribution in [1.29, 1.82) is 0 Å². The maximum absolute atomic E-state index is 11.3. The number of anilines is 1. The molecule has 2 aromatic carbocycles. The number of carbonyl (C=O) groups is 1. The van der Waals surface area contributed by atoms with Crippen LogP contribution >= 0.6 is 0 Å². The van der Waals surface area contributed by atoms with E-state index in [9.17, 15) is 4.79 Å². The van der Waals surface area contributed by atoms with Crippen LogP contribution < -0.4 is 5.73 Å². The van der Waals surface area contributed by atoms with Crippen LogP contribution in [0.1, 0.15) is 45.0 Å². The number of nitrogens with one attached hydrogen (secondary N) is 1. The number of carbonyl (C=O) groups excluding carboxylic acids is 1. The van der Waals surface area contributed by atoms with E-state index >= 15 is 0 Å². The van der Waals surface area contributed by atoms with E-state index in [0.717, 1.165) is 33.6 Å². The molecule has 3 rings (SSSR count). The second kappa shape index (κ2) is 10.1. The Morgan fingerprint density at radius 3 is 1.84 bits per heavy atom. The van der Waals surface area contributed by atoms with Crippen LogP contribution in [0, 0.1) is 0 Å². The first-order valence-corrected chi connectivity index (χ1v) is 8.79. The predicted octanol–water partition coefficient (Wildman–Crippen LogP) is 6.19. The van der Waals surface area contributed by atoms with Crippen molar-refractivity contribution in [2.45, 2.75) is 34.6 Å². The fourth-order valence-electron chi connectivity index (χ4n) is 2.29. The van der Waals surface area contributed by atoms with Crippen molar-refractivity contribution >= 4 is 11.5 Å². The summed E-state index contributed by atoms with van der Waals surface area (Å²) in [4.78, 5) is 14.6.